The number of hydrogen-bond acceptors (Lipinski definition) is 4. The highest BCUT2D eigenvalue weighted by molar-refractivity contribution is 8.21. The second kappa shape index (κ2) is 5.66. The average molecular weight is 304 g/mol. The van der Waals surface area contributed by atoms with Gasteiger partial charge in [0, 0.05) is 11.6 Å². The molecule has 0 radical (unpaired) electrons. The molecule has 1 saturated carbocycles. The zero-order valence-electron chi connectivity index (χ0n) is 11.5. The molecule has 1 aliphatic carbocycles. The number of nitrogens with zero attached hydrogens (tertiary/aromatic N) is 2. The monoisotopic (exact) mass is 304 g/mol. The molecule has 1 aromatic rings. The number of amidine groups is 1. The lowest BCUT2D eigenvalue weighted by Gasteiger charge is -2.17. The van der Waals surface area contributed by atoms with E-state index in [0.29, 0.717) is 11.7 Å². The van der Waals surface area contributed by atoms with Gasteiger partial charge in [-0.05, 0) is 25.4 Å². The molecule has 0 unspecified atom stereocenters. The van der Waals surface area contributed by atoms with E-state index in [1.165, 1.54) is 0 Å². The molecule has 3 nitrogen and oxygen atoms in total. The van der Waals surface area contributed by atoms with Gasteiger partial charge in [-0.25, -0.2) is 4.99 Å². The molecule has 1 heterocycles. The fourth-order valence-electron chi connectivity index (χ4n) is 2.29. The van der Waals surface area contributed by atoms with Crippen LogP contribution in [0, 0.1) is 0 Å². The van der Waals surface area contributed by atoms with Gasteiger partial charge in [0.2, 0.25) is 0 Å². The molecule has 2 aliphatic rings. The molecule has 104 valence electrons. The highest BCUT2D eigenvalue weighted by Gasteiger charge is 2.42. The van der Waals surface area contributed by atoms with Crippen LogP contribution in [0.4, 0.5) is 0 Å². The summed E-state index contributed by atoms with van der Waals surface area (Å²) in [5.74, 6) is 0.874. The fourth-order valence-corrected chi connectivity index (χ4v) is 3.61. The van der Waals surface area contributed by atoms with E-state index >= 15 is 0 Å². The SMILES string of the molecule is CSC(SC)=C1N=C(c2ccccc2)N(C2CC2)C1=O. The molecule has 0 saturated heterocycles. The van der Waals surface area contributed by atoms with E-state index in [1.54, 1.807) is 23.5 Å². The van der Waals surface area contributed by atoms with E-state index in [1.807, 2.05) is 47.7 Å². The molecule has 1 amide bonds. The maximum Gasteiger partial charge on any atom is 0.280 e. The molecule has 3 rings (SSSR count). The quantitative estimate of drug-likeness (QED) is 0.800. The summed E-state index contributed by atoms with van der Waals surface area (Å²) < 4.78 is 0.992. The minimum atomic E-state index is 0.0602. The first-order valence-electron chi connectivity index (χ1n) is 6.56. The van der Waals surface area contributed by atoms with E-state index in [0.717, 1.165) is 28.5 Å². The summed E-state index contributed by atoms with van der Waals surface area (Å²) in [5, 5.41) is 0. The summed E-state index contributed by atoms with van der Waals surface area (Å²) >= 11 is 3.18. The molecule has 0 aromatic heterocycles. The van der Waals surface area contributed by atoms with Crippen molar-refractivity contribution in [3.63, 3.8) is 0 Å². The molecular weight excluding hydrogens is 288 g/mol. The predicted molar refractivity (Wildman–Crippen MR) is 86.9 cm³/mol. The van der Waals surface area contributed by atoms with Gasteiger partial charge in [0.05, 0.1) is 4.24 Å². The number of thioether (sulfide) groups is 2. The van der Waals surface area contributed by atoms with Gasteiger partial charge < -0.3 is 0 Å². The first-order valence-corrected chi connectivity index (χ1v) is 9.01. The third-order valence-electron chi connectivity index (χ3n) is 3.38. The first kappa shape index (κ1) is 13.8. The Morgan fingerprint density at radius 3 is 2.40 bits per heavy atom. The van der Waals surface area contributed by atoms with Crippen LogP contribution in [-0.2, 0) is 4.79 Å². The van der Waals surface area contributed by atoms with Crippen molar-refractivity contribution < 1.29 is 4.79 Å². The minimum Gasteiger partial charge on any atom is -0.288 e. The van der Waals surface area contributed by atoms with Gasteiger partial charge in [0.1, 0.15) is 5.84 Å². The number of rotatable bonds is 4. The lowest BCUT2D eigenvalue weighted by Crippen LogP contribution is -2.34. The lowest BCUT2D eigenvalue weighted by atomic mass is 10.2. The van der Waals surface area contributed by atoms with Crippen LogP contribution in [0.2, 0.25) is 0 Å². The van der Waals surface area contributed by atoms with E-state index in [2.05, 4.69) is 4.99 Å². The van der Waals surface area contributed by atoms with Gasteiger partial charge in [0.15, 0.2) is 5.70 Å². The Hall–Kier alpha value is -1.20. The Labute approximate surface area is 127 Å². The van der Waals surface area contributed by atoms with Crippen LogP contribution in [0.1, 0.15) is 18.4 Å². The molecule has 0 atom stereocenters. The number of hydrogen-bond donors (Lipinski definition) is 0. The Morgan fingerprint density at radius 1 is 1.20 bits per heavy atom. The number of amides is 1. The van der Waals surface area contributed by atoms with Crippen molar-refractivity contribution in [2.45, 2.75) is 18.9 Å². The predicted octanol–water partition coefficient (Wildman–Crippen LogP) is 3.33. The highest BCUT2D eigenvalue weighted by atomic mass is 32.2. The van der Waals surface area contributed by atoms with Crippen LogP contribution in [0.3, 0.4) is 0 Å². The topological polar surface area (TPSA) is 32.7 Å². The third-order valence-corrected chi connectivity index (χ3v) is 5.50. The van der Waals surface area contributed by atoms with Gasteiger partial charge in [0.25, 0.3) is 5.91 Å². The van der Waals surface area contributed by atoms with Gasteiger partial charge in [-0.2, -0.15) is 0 Å². The van der Waals surface area contributed by atoms with Crippen molar-refractivity contribution in [2.24, 2.45) is 4.99 Å². The van der Waals surface area contributed by atoms with Crippen molar-refractivity contribution in [1.82, 2.24) is 4.90 Å². The normalized spacial score (nSPS) is 18.5. The van der Waals surface area contributed by atoms with E-state index in [4.69, 9.17) is 0 Å². The average Bonchev–Trinajstić information content (AvgIpc) is 3.26. The summed E-state index contributed by atoms with van der Waals surface area (Å²) in [6.07, 6.45) is 6.14. The number of carbonyl (C=O) groups excluding carboxylic acids is 1. The first-order chi connectivity index (χ1) is 9.76. The zero-order chi connectivity index (χ0) is 14.1. The van der Waals surface area contributed by atoms with Crippen LogP contribution in [0.15, 0.2) is 45.3 Å². The number of carbonyl (C=O) groups is 1. The third kappa shape index (κ3) is 2.40. The number of benzene rings is 1. The lowest BCUT2D eigenvalue weighted by molar-refractivity contribution is -0.123. The van der Waals surface area contributed by atoms with Crippen LogP contribution in [-0.4, -0.2) is 35.2 Å². The molecule has 0 N–H and O–H groups in total. The smallest absolute Gasteiger partial charge is 0.280 e. The summed E-state index contributed by atoms with van der Waals surface area (Å²) in [7, 11) is 0. The second-order valence-corrected chi connectivity index (χ2v) is 6.64. The Balaban J connectivity index is 2.07. The Morgan fingerprint density at radius 2 is 1.85 bits per heavy atom. The van der Waals surface area contributed by atoms with Crippen molar-refractivity contribution in [3.05, 3.63) is 45.8 Å². The molecule has 20 heavy (non-hydrogen) atoms. The van der Waals surface area contributed by atoms with Crippen molar-refractivity contribution in [2.75, 3.05) is 12.5 Å². The Bertz CT molecular complexity index is 585. The van der Waals surface area contributed by atoms with Crippen LogP contribution >= 0.6 is 23.5 Å². The van der Waals surface area contributed by atoms with Crippen LogP contribution < -0.4 is 0 Å². The van der Waals surface area contributed by atoms with E-state index in [-0.39, 0.29) is 5.91 Å². The minimum absolute atomic E-state index is 0.0602. The molecule has 0 spiro atoms. The van der Waals surface area contributed by atoms with Crippen molar-refractivity contribution in [3.8, 4) is 0 Å². The zero-order valence-corrected chi connectivity index (χ0v) is 13.1. The summed E-state index contributed by atoms with van der Waals surface area (Å²) in [6.45, 7) is 0. The molecular formula is C15H16N2OS2. The fraction of sp³-hybridized carbons (Fsp3) is 0.333. The summed E-state index contributed by atoms with van der Waals surface area (Å²) in [4.78, 5) is 19.2. The van der Waals surface area contributed by atoms with Gasteiger partial charge in [-0.15, -0.1) is 23.5 Å². The Kier molecular flexibility index (Phi) is 3.89. The second-order valence-electron chi connectivity index (χ2n) is 4.75. The van der Waals surface area contributed by atoms with Gasteiger partial charge in [-0.1, -0.05) is 30.3 Å². The molecule has 1 aliphatic heterocycles. The summed E-state index contributed by atoms with van der Waals surface area (Å²) in [6, 6.07) is 10.3. The van der Waals surface area contributed by atoms with Crippen LogP contribution in [0.25, 0.3) is 0 Å². The molecule has 0 bridgehead atoms. The molecule has 1 fully saturated rings. The molecule has 1 aromatic carbocycles. The largest absolute Gasteiger partial charge is 0.288 e. The van der Waals surface area contributed by atoms with E-state index < -0.39 is 0 Å². The van der Waals surface area contributed by atoms with Crippen molar-refractivity contribution >= 4 is 35.3 Å². The van der Waals surface area contributed by atoms with Crippen molar-refractivity contribution in [1.29, 1.82) is 0 Å². The standard InChI is InChI=1S/C15H16N2OS2/c1-19-15(20-2)12-14(18)17(11-8-9-11)13(16-12)10-6-4-3-5-7-10/h3-7,11H,8-9H2,1-2H3. The van der Waals surface area contributed by atoms with Gasteiger partial charge in [-0.3, -0.25) is 9.69 Å². The molecule has 5 heteroatoms. The maximum atomic E-state index is 12.7. The summed E-state index contributed by atoms with van der Waals surface area (Å²) in [5.41, 5.74) is 1.63. The van der Waals surface area contributed by atoms with E-state index in [9.17, 15) is 4.79 Å². The highest BCUT2D eigenvalue weighted by Crippen LogP contribution is 2.38. The van der Waals surface area contributed by atoms with Gasteiger partial charge >= 0.3 is 0 Å². The van der Waals surface area contributed by atoms with Crippen LogP contribution in [0.5, 0.6) is 0 Å². The number of aliphatic imine (C=N–C) groups is 1. The maximum absolute atomic E-state index is 12.7.